The van der Waals surface area contributed by atoms with Crippen LogP contribution in [0.1, 0.15) is 18.1 Å². The van der Waals surface area contributed by atoms with E-state index in [1.807, 2.05) is 24.1 Å². The monoisotopic (exact) mass is 454 g/mol. The first-order chi connectivity index (χ1) is 10.4. The standard InChI is InChI=1S/C15H26N4O2S.HI/c1-5-22(20,21)18-11-10-17-15(16-3)19(4)12-14-9-7-6-8-13(14)2;/h6-9,18H,5,10-12H2,1-4H3,(H,16,17);1H. The molecule has 1 aromatic carbocycles. The molecule has 0 aliphatic carbocycles. The van der Waals surface area contributed by atoms with E-state index in [9.17, 15) is 8.42 Å². The summed E-state index contributed by atoms with van der Waals surface area (Å²) < 4.78 is 25.2. The van der Waals surface area contributed by atoms with Gasteiger partial charge in [-0.3, -0.25) is 4.99 Å². The van der Waals surface area contributed by atoms with Gasteiger partial charge in [0.15, 0.2) is 5.96 Å². The maximum absolute atomic E-state index is 11.3. The lowest BCUT2D eigenvalue weighted by Gasteiger charge is -2.23. The molecule has 0 radical (unpaired) electrons. The molecule has 0 spiro atoms. The Morgan fingerprint density at radius 2 is 1.91 bits per heavy atom. The van der Waals surface area contributed by atoms with Gasteiger partial charge in [-0.05, 0) is 25.0 Å². The Labute approximate surface area is 156 Å². The number of benzene rings is 1. The average molecular weight is 454 g/mol. The second kappa shape index (κ2) is 10.8. The van der Waals surface area contributed by atoms with Crippen molar-refractivity contribution < 1.29 is 8.42 Å². The molecule has 1 rings (SSSR count). The summed E-state index contributed by atoms with van der Waals surface area (Å²) in [5, 5.41) is 3.15. The fraction of sp³-hybridized carbons (Fsp3) is 0.533. The lowest BCUT2D eigenvalue weighted by atomic mass is 10.1. The summed E-state index contributed by atoms with van der Waals surface area (Å²) in [6.45, 7) is 5.27. The third-order valence-electron chi connectivity index (χ3n) is 3.35. The molecule has 0 unspecified atom stereocenters. The van der Waals surface area contributed by atoms with Gasteiger partial charge in [0, 0.05) is 33.7 Å². The lowest BCUT2D eigenvalue weighted by molar-refractivity contribution is 0.475. The molecule has 8 heteroatoms. The summed E-state index contributed by atoms with van der Waals surface area (Å²) in [7, 11) is 0.529. The molecule has 0 heterocycles. The number of hydrogen-bond acceptors (Lipinski definition) is 3. The molecule has 0 bridgehead atoms. The first-order valence-corrected chi connectivity index (χ1v) is 8.98. The molecule has 2 N–H and O–H groups in total. The predicted octanol–water partition coefficient (Wildman–Crippen LogP) is 1.56. The van der Waals surface area contributed by atoms with Crippen molar-refractivity contribution in [3.8, 4) is 0 Å². The molecule has 0 saturated carbocycles. The number of nitrogens with one attached hydrogen (secondary N) is 2. The van der Waals surface area contributed by atoms with Crippen LogP contribution in [-0.2, 0) is 16.6 Å². The molecule has 0 amide bonds. The number of nitrogens with zero attached hydrogens (tertiary/aromatic N) is 2. The van der Waals surface area contributed by atoms with Crippen molar-refractivity contribution in [2.24, 2.45) is 4.99 Å². The maximum atomic E-state index is 11.3. The van der Waals surface area contributed by atoms with E-state index in [2.05, 4.69) is 34.1 Å². The smallest absolute Gasteiger partial charge is 0.211 e. The van der Waals surface area contributed by atoms with Crippen molar-refractivity contribution in [3.05, 3.63) is 35.4 Å². The summed E-state index contributed by atoms with van der Waals surface area (Å²) in [6, 6.07) is 8.21. The Morgan fingerprint density at radius 1 is 1.26 bits per heavy atom. The van der Waals surface area contributed by atoms with E-state index in [1.165, 1.54) is 11.1 Å². The molecule has 0 aliphatic rings. The Hall–Kier alpha value is -0.870. The van der Waals surface area contributed by atoms with Crippen LogP contribution in [0.5, 0.6) is 0 Å². The molecule has 132 valence electrons. The van der Waals surface area contributed by atoms with Gasteiger partial charge in [-0.15, -0.1) is 24.0 Å². The molecule has 0 saturated heterocycles. The van der Waals surface area contributed by atoms with Crippen molar-refractivity contribution >= 4 is 40.0 Å². The predicted molar refractivity (Wildman–Crippen MR) is 107 cm³/mol. The van der Waals surface area contributed by atoms with Crippen molar-refractivity contribution in [2.45, 2.75) is 20.4 Å². The average Bonchev–Trinajstić information content (AvgIpc) is 2.49. The van der Waals surface area contributed by atoms with Gasteiger partial charge in [0.1, 0.15) is 0 Å². The number of hydrogen-bond donors (Lipinski definition) is 2. The van der Waals surface area contributed by atoms with E-state index >= 15 is 0 Å². The Bertz CT molecular complexity index is 605. The minimum Gasteiger partial charge on any atom is -0.355 e. The molecule has 23 heavy (non-hydrogen) atoms. The highest BCUT2D eigenvalue weighted by Crippen LogP contribution is 2.09. The first-order valence-electron chi connectivity index (χ1n) is 7.33. The minimum absolute atomic E-state index is 0. The highest BCUT2D eigenvalue weighted by molar-refractivity contribution is 14.0. The Morgan fingerprint density at radius 3 is 2.48 bits per heavy atom. The number of halogens is 1. The van der Waals surface area contributed by atoms with E-state index in [4.69, 9.17) is 0 Å². The number of aliphatic imine (C=N–C) groups is 1. The number of rotatable bonds is 7. The summed E-state index contributed by atoms with van der Waals surface area (Å²) in [5.41, 5.74) is 2.47. The summed E-state index contributed by atoms with van der Waals surface area (Å²) in [4.78, 5) is 6.23. The zero-order chi connectivity index (χ0) is 16.6. The molecule has 0 aromatic heterocycles. The Kier molecular flexibility index (Phi) is 10.4. The summed E-state index contributed by atoms with van der Waals surface area (Å²) in [5.74, 6) is 0.827. The maximum Gasteiger partial charge on any atom is 0.211 e. The van der Waals surface area contributed by atoms with E-state index in [0.29, 0.717) is 13.1 Å². The highest BCUT2D eigenvalue weighted by atomic mass is 127. The van der Waals surface area contributed by atoms with E-state index in [-0.39, 0.29) is 29.7 Å². The molecular weight excluding hydrogens is 427 g/mol. The summed E-state index contributed by atoms with van der Waals surface area (Å²) >= 11 is 0. The van der Waals surface area contributed by atoms with E-state index in [0.717, 1.165) is 12.5 Å². The Balaban J connectivity index is 0.00000484. The SMILES string of the molecule is CCS(=O)(=O)NCCNC(=NC)N(C)Cc1ccccc1C.I. The second-order valence-corrected chi connectivity index (χ2v) is 7.15. The topological polar surface area (TPSA) is 73.8 Å². The van der Waals surface area contributed by atoms with Crippen molar-refractivity contribution in [2.75, 3.05) is 32.9 Å². The number of aryl methyl sites for hydroxylation is 1. The summed E-state index contributed by atoms with van der Waals surface area (Å²) in [6.07, 6.45) is 0. The zero-order valence-corrected chi connectivity index (χ0v) is 17.3. The fourth-order valence-corrected chi connectivity index (χ4v) is 2.60. The zero-order valence-electron chi connectivity index (χ0n) is 14.2. The van der Waals surface area contributed by atoms with Crippen LogP contribution < -0.4 is 10.0 Å². The molecule has 0 aliphatic heterocycles. The largest absolute Gasteiger partial charge is 0.355 e. The molecule has 6 nitrogen and oxygen atoms in total. The number of guanidine groups is 1. The lowest BCUT2D eigenvalue weighted by Crippen LogP contribution is -2.42. The second-order valence-electron chi connectivity index (χ2n) is 5.05. The minimum atomic E-state index is -3.14. The van der Waals surface area contributed by atoms with Crippen LogP contribution in [0.4, 0.5) is 0 Å². The molecular formula is C15H27IN4O2S. The van der Waals surface area contributed by atoms with Gasteiger partial charge >= 0.3 is 0 Å². The van der Waals surface area contributed by atoms with E-state index in [1.54, 1.807) is 14.0 Å². The van der Waals surface area contributed by atoms with Gasteiger partial charge in [0.2, 0.25) is 10.0 Å². The van der Waals surface area contributed by atoms with Crippen molar-refractivity contribution in [1.82, 2.24) is 14.9 Å². The fourth-order valence-electron chi connectivity index (χ4n) is 1.99. The first kappa shape index (κ1) is 22.1. The number of sulfonamides is 1. The van der Waals surface area contributed by atoms with E-state index < -0.39 is 10.0 Å². The van der Waals surface area contributed by atoms with Crippen LogP contribution in [0.25, 0.3) is 0 Å². The van der Waals surface area contributed by atoms with Crippen LogP contribution in [0.2, 0.25) is 0 Å². The highest BCUT2D eigenvalue weighted by Gasteiger charge is 2.09. The normalized spacial score (nSPS) is 11.7. The van der Waals surface area contributed by atoms with Gasteiger partial charge in [0.25, 0.3) is 0 Å². The van der Waals surface area contributed by atoms with Gasteiger partial charge in [-0.1, -0.05) is 24.3 Å². The van der Waals surface area contributed by atoms with Crippen LogP contribution in [0.3, 0.4) is 0 Å². The third kappa shape index (κ3) is 7.98. The van der Waals surface area contributed by atoms with Gasteiger partial charge in [-0.25, -0.2) is 13.1 Å². The van der Waals surface area contributed by atoms with Crippen LogP contribution in [0.15, 0.2) is 29.3 Å². The molecule has 0 fully saturated rings. The third-order valence-corrected chi connectivity index (χ3v) is 4.76. The van der Waals surface area contributed by atoms with Gasteiger partial charge < -0.3 is 10.2 Å². The quantitative estimate of drug-likeness (QED) is 0.284. The van der Waals surface area contributed by atoms with Gasteiger partial charge in [-0.2, -0.15) is 0 Å². The van der Waals surface area contributed by atoms with Gasteiger partial charge in [0.05, 0.1) is 5.75 Å². The molecule has 1 aromatic rings. The van der Waals surface area contributed by atoms with Crippen molar-refractivity contribution in [3.63, 3.8) is 0 Å². The van der Waals surface area contributed by atoms with Crippen molar-refractivity contribution in [1.29, 1.82) is 0 Å². The molecule has 0 atom stereocenters. The van der Waals surface area contributed by atoms with Crippen LogP contribution in [-0.4, -0.2) is 52.2 Å². The van der Waals surface area contributed by atoms with Crippen LogP contribution >= 0.6 is 24.0 Å². The van der Waals surface area contributed by atoms with Crippen LogP contribution in [0, 0.1) is 6.92 Å².